The number of carboxylic acid groups (broad SMARTS) is 1. The molecule has 1 aliphatic rings. The number of carbonyl (C=O) groups excluding carboxylic acids is 1. The van der Waals surface area contributed by atoms with Crippen molar-refractivity contribution in [3.05, 3.63) is 89.0 Å². The number of ketones is 1. The number of aliphatic hydroxyl groups excluding tert-OH is 1. The molecule has 0 radical (unpaired) electrons. The number of aryl methyl sites for hydroxylation is 3. The van der Waals surface area contributed by atoms with Gasteiger partial charge in [0, 0.05) is 23.7 Å². The number of carbonyl (C=O) groups is 2. The summed E-state index contributed by atoms with van der Waals surface area (Å²) in [7, 11) is -3.39. The number of sulfone groups is 1. The van der Waals surface area contributed by atoms with E-state index in [0.29, 0.717) is 42.7 Å². The molecule has 0 aromatic heterocycles. The average molecular weight is 609 g/mol. The highest BCUT2D eigenvalue weighted by atomic mass is 32.2. The Morgan fingerprint density at radius 2 is 1.58 bits per heavy atom. The standard InChI is InChI=1S/C34H40O8S/c1-21-17-23(18-22(2)31(21)42-34(3,4)33(37)38)11-12-25-19-26(32(36)41-27-9-7-6-8-10-27)20-29(25)30(35)24-13-15-28(16-14-24)43(5,39)40/h6-10,13-18,25-26,29,32,36H,11-12,19-20H2,1-5H3,(H,37,38)/t25-,26?,29-,32?/m1/s1. The first-order chi connectivity index (χ1) is 20.2. The van der Waals surface area contributed by atoms with E-state index in [1.807, 2.05) is 44.2 Å². The lowest BCUT2D eigenvalue weighted by Gasteiger charge is -2.25. The highest BCUT2D eigenvalue weighted by Gasteiger charge is 2.42. The highest BCUT2D eigenvalue weighted by Crippen LogP contribution is 2.43. The molecule has 230 valence electrons. The third kappa shape index (κ3) is 7.83. The molecule has 9 heteroatoms. The summed E-state index contributed by atoms with van der Waals surface area (Å²) in [5.74, 6) is -0.696. The predicted octanol–water partition coefficient (Wildman–Crippen LogP) is 5.80. The van der Waals surface area contributed by atoms with Crippen molar-refractivity contribution in [1.29, 1.82) is 0 Å². The third-order valence-corrected chi connectivity index (χ3v) is 9.36. The molecule has 1 saturated carbocycles. The molecule has 0 heterocycles. The van der Waals surface area contributed by atoms with E-state index in [4.69, 9.17) is 9.47 Å². The lowest BCUT2D eigenvalue weighted by molar-refractivity contribution is -0.152. The summed E-state index contributed by atoms with van der Waals surface area (Å²) in [4.78, 5) is 25.5. The Morgan fingerprint density at radius 1 is 0.977 bits per heavy atom. The van der Waals surface area contributed by atoms with Crippen molar-refractivity contribution in [3.63, 3.8) is 0 Å². The molecule has 1 aliphatic carbocycles. The molecule has 4 rings (SSSR count). The molecule has 3 aromatic carbocycles. The number of Topliss-reactive ketones (excluding diaryl/α,β-unsaturated/α-hetero) is 1. The molecule has 0 spiro atoms. The Hall–Kier alpha value is -3.69. The Balaban J connectivity index is 1.54. The van der Waals surface area contributed by atoms with Crippen LogP contribution in [0.4, 0.5) is 0 Å². The number of aliphatic carboxylic acids is 1. The van der Waals surface area contributed by atoms with Gasteiger partial charge in [0.15, 0.2) is 27.5 Å². The second-order valence-corrected chi connectivity index (χ2v) is 14.1. The van der Waals surface area contributed by atoms with Gasteiger partial charge in [0.2, 0.25) is 0 Å². The average Bonchev–Trinajstić information content (AvgIpc) is 3.38. The van der Waals surface area contributed by atoms with Gasteiger partial charge in [-0.25, -0.2) is 13.2 Å². The lowest BCUT2D eigenvalue weighted by atomic mass is 9.84. The van der Waals surface area contributed by atoms with Crippen LogP contribution in [0.25, 0.3) is 0 Å². The van der Waals surface area contributed by atoms with Crippen molar-refractivity contribution in [1.82, 2.24) is 0 Å². The van der Waals surface area contributed by atoms with Crippen molar-refractivity contribution < 1.29 is 37.7 Å². The quantitative estimate of drug-likeness (QED) is 0.195. The van der Waals surface area contributed by atoms with Crippen LogP contribution in [-0.2, 0) is 21.1 Å². The van der Waals surface area contributed by atoms with E-state index in [-0.39, 0.29) is 28.4 Å². The van der Waals surface area contributed by atoms with E-state index in [0.717, 1.165) is 22.9 Å². The number of hydrogen-bond donors (Lipinski definition) is 2. The number of ether oxygens (including phenoxy) is 2. The number of benzene rings is 3. The SMILES string of the molecule is Cc1cc(CC[C@@H]2CC(C(O)Oc3ccccc3)C[C@H]2C(=O)c2ccc(S(C)(=O)=O)cc2)cc(C)c1OC(C)(C)C(=O)O. The Bertz CT molecular complexity index is 1540. The first-order valence-electron chi connectivity index (χ1n) is 14.4. The van der Waals surface area contributed by atoms with E-state index >= 15 is 0 Å². The lowest BCUT2D eigenvalue weighted by Crippen LogP contribution is -2.38. The van der Waals surface area contributed by atoms with Gasteiger partial charge in [0.25, 0.3) is 0 Å². The highest BCUT2D eigenvalue weighted by molar-refractivity contribution is 7.90. The molecule has 2 unspecified atom stereocenters. The van der Waals surface area contributed by atoms with E-state index in [9.17, 15) is 28.2 Å². The fourth-order valence-electron chi connectivity index (χ4n) is 5.85. The number of hydrogen-bond acceptors (Lipinski definition) is 7. The molecule has 4 atom stereocenters. The van der Waals surface area contributed by atoms with Crippen molar-refractivity contribution >= 4 is 21.6 Å². The fraction of sp³-hybridized carbons (Fsp3) is 0.412. The maximum Gasteiger partial charge on any atom is 0.347 e. The second kappa shape index (κ2) is 12.9. The topological polar surface area (TPSA) is 127 Å². The zero-order valence-corrected chi connectivity index (χ0v) is 26.1. The van der Waals surface area contributed by atoms with Gasteiger partial charge >= 0.3 is 5.97 Å². The smallest absolute Gasteiger partial charge is 0.347 e. The monoisotopic (exact) mass is 608 g/mol. The molecule has 1 fully saturated rings. The predicted molar refractivity (Wildman–Crippen MR) is 163 cm³/mol. The van der Waals surface area contributed by atoms with Crippen LogP contribution >= 0.6 is 0 Å². The fourth-order valence-corrected chi connectivity index (χ4v) is 6.48. The van der Waals surface area contributed by atoms with E-state index in [2.05, 4.69) is 0 Å². The minimum Gasteiger partial charge on any atom is -0.478 e. The molecule has 0 amide bonds. The van der Waals surface area contributed by atoms with Crippen LogP contribution in [-0.4, -0.2) is 48.5 Å². The minimum absolute atomic E-state index is 0.0383. The van der Waals surface area contributed by atoms with E-state index in [1.165, 1.54) is 26.0 Å². The van der Waals surface area contributed by atoms with Crippen LogP contribution in [0, 0.1) is 31.6 Å². The third-order valence-electron chi connectivity index (χ3n) is 8.23. The first-order valence-corrected chi connectivity index (χ1v) is 16.3. The van der Waals surface area contributed by atoms with Crippen molar-refractivity contribution in [2.75, 3.05) is 6.26 Å². The molecular weight excluding hydrogens is 568 g/mol. The van der Waals surface area contributed by atoms with Gasteiger partial charge in [0.05, 0.1) is 4.90 Å². The molecule has 0 saturated heterocycles. The minimum atomic E-state index is -3.39. The summed E-state index contributed by atoms with van der Waals surface area (Å²) in [6, 6.07) is 19.1. The maximum atomic E-state index is 13.8. The van der Waals surface area contributed by atoms with Gasteiger partial charge in [-0.05, 0) is 100 Å². The summed E-state index contributed by atoms with van der Waals surface area (Å²) in [6.07, 6.45) is 2.46. The molecule has 0 aliphatic heterocycles. The molecular formula is C34H40O8S. The Morgan fingerprint density at radius 3 is 2.14 bits per heavy atom. The Kier molecular flexibility index (Phi) is 9.66. The zero-order chi connectivity index (χ0) is 31.5. The van der Waals surface area contributed by atoms with Gasteiger partial charge in [-0.1, -0.05) is 42.5 Å². The van der Waals surface area contributed by atoms with Gasteiger partial charge in [0.1, 0.15) is 11.5 Å². The number of para-hydroxylation sites is 1. The Labute approximate surface area is 253 Å². The molecule has 8 nitrogen and oxygen atoms in total. The summed E-state index contributed by atoms with van der Waals surface area (Å²) in [5, 5.41) is 20.5. The number of aliphatic hydroxyl groups is 1. The molecule has 2 N–H and O–H groups in total. The number of carboxylic acids is 1. The van der Waals surface area contributed by atoms with Gasteiger partial charge in [-0.15, -0.1) is 0 Å². The van der Waals surface area contributed by atoms with Crippen molar-refractivity contribution in [2.45, 2.75) is 70.2 Å². The summed E-state index contributed by atoms with van der Waals surface area (Å²) in [6.45, 7) is 6.80. The van der Waals surface area contributed by atoms with Crippen LogP contribution in [0.2, 0.25) is 0 Å². The summed E-state index contributed by atoms with van der Waals surface area (Å²) >= 11 is 0. The molecule has 3 aromatic rings. The van der Waals surface area contributed by atoms with Gasteiger partial charge in [-0.2, -0.15) is 0 Å². The summed E-state index contributed by atoms with van der Waals surface area (Å²) < 4.78 is 35.5. The van der Waals surface area contributed by atoms with E-state index in [1.54, 1.807) is 24.3 Å². The second-order valence-electron chi connectivity index (χ2n) is 12.1. The van der Waals surface area contributed by atoms with Crippen LogP contribution in [0.1, 0.15) is 60.2 Å². The van der Waals surface area contributed by atoms with Crippen LogP contribution in [0.3, 0.4) is 0 Å². The largest absolute Gasteiger partial charge is 0.478 e. The summed E-state index contributed by atoms with van der Waals surface area (Å²) in [5.41, 5.74) is 1.78. The van der Waals surface area contributed by atoms with Crippen LogP contribution in [0.5, 0.6) is 11.5 Å². The zero-order valence-electron chi connectivity index (χ0n) is 25.2. The number of rotatable bonds is 12. The first kappa shape index (κ1) is 32.2. The normalized spacial score (nSPS) is 19.5. The van der Waals surface area contributed by atoms with Crippen LogP contribution in [0.15, 0.2) is 71.6 Å². The van der Waals surface area contributed by atoms with Crippen LogP contribution < -0.4 is 9.47 Å². The van der Waals surface area contributed by atoms with Crippen molar-refractivity contribution in [3.8, 4) is 11.5 Å². The van der Waals surface area contributed by atoms with E-state index < -0.39 is 27.7 Å². The van der Waals surface area contributed by atoms with Gasteiger partial charge < -0.3 is 19.7 Å². The molecule has 0 bridgehead atoms. The molecule has 43 heavy (non-hydrogen) atoms. The van der Waals surface area contributed by atoms with Crippen molar-refractivity contribution in [2.24, 2.45) is 17.8 Å². The maximum absolute atomic E-state index is 13.8. The van der Waals surface area contributed by atoms with Gasteiger partial charge in [-0.3, -0.25) is 4.79 Å².